The molecule has 0 saturated heterocycles. The van der Waals surface area contributed by atoms with Gasteiger partial charge in [0.2, 0.25) is 3.79 Å². The summed E-state index contributed by atoms with van der Waals surface area (Å²) in [5, 5.41) is 8.60. The molecule has 6 heteroatoms. The highest BCUT2D eigenvalue weighted by Gasteiger charge is 2.38. The lowest BCUT2D eigenvalue weighted by atomic mass is 10.1. The molecule has 0 aromatic heterocycles. The predicted molar refractivity (Wildman–Crippen MR) is 53.5 cm³/mol. The van der Waals surface area contributed by atoms with Gasteiger partial charge in [0.1, 0.15) is 0 Å². The van der Waals surface area contributed by atoms with Crippen molar-refractivity contribution in [1.29, 1.82) is 0 Å². The fourth-order valence-corrected chi connectivity index (χ4v) is 1.51. The van der Waals surface area contributed by atoms with Crippen LogP contribution in [0.3, 0.4) is 0 Å². The van der Waals surface area contributed by atoms with Crippen LogP contribution in [0, 0.1) is 5.92 Å². The Hall–Kier alpha value is 0.370. The van der Waals surface area contributed by atoms with Gasteiger partial charge in [-0.2, -0.15) is 0 Å². The van der Waals surface area contributed by atoms with Crippen LogP contribution in [0.4, 0.5) is 0 Å². The third-order valence-electron chi connectivity index (χ3n) is 1.70. The van der Waals surface area contributed by atoms with Crippen molar-refractivity contribution in [1.82, 2.24) is 0 Å². The fourth-order valence-electron chi connectivity index (χ4n) is 0.972. The molecule has 0 bridgehead atoms. The lowest BCUT2D eigenvalue weighted by molar-refractivity contribution is -0.133. The minimum Gasteiger partial charge on any atom is -0.478 e. The van der Waals surface area contributed by atoms with Crippen LogP contribution < -0.4 is 0 Å². The topological polar surface area (TPSA) is 37.3 Å². The van der Waals surface area contributed by atoms with E-state index in [-0.39, 0.29) is 16.5 Å². The zero-order chi connectivity index (χ0) is 10.2. The number of allylic oxidation sites excluding steroid dienone is 1. The standard InChI is InChI=1S/C7H6Cl4O2/c8-5(7(9,10)11)4(6(12)13)3-1-2-3/h3H,1-2H2,(H,12,13)/b5-4-. The monoisotopic (exact) mass is 262 g/mol. The summed E-state index contributed by atoms with van der Waals surface area (Å²) in [6.07, 6.45) is 1.58. The average Bonchev–Trinajstić information content (AvgIpc) is 2.68. The van der Waals surface area contributed by atoms with Crippen LogP contribution >= 0.6 is 46.4 Å². The van der Waals surface area contributed by atoms with E-state index in [2.05, 4.69) is 0 Å². The first-order valence-electron chi connectivity index (χ1n) is 3.54. The van der Waals surface area contributed by atoms with E-state index in [0.29, 0.717) is 0 Å². The number of carbonyl (C=O) groups is 1. The highest BCUT2D eigenvalue weighted by molar-refractivity contribution is 6.73. The molecule has 1 aliphatic carbocycles. The normalized spacial score (nSPS) is 19.7. The summed E-state index contributed by atoms with van der Waals surface area (Å²) >= 11 is 22.1. The molecule has 0 aromatic carbocycles. The van der Waals surface area contributed by atoms with E-state index in [4.69, 9.17) is 51.5 Å². The van der Waals surface area contributed by atoms with E-state index in [1.807, 2.05) is 0 Å². The van der Waals surface area contributed by atoms with E-state index in [1.165, 1.54) is 0 Å². The van der Waals surface area contributed by atoms with Crippen LogP contribution in [0.1, 0.15) is 12.8 Å². The van der Waals surface area contributed by atoms with E-state index in [1.54, 1.807) is 0 Å². The van der Waals surface area contributed by atoms with Gasteiger partial charge in [-0.1, -0.05) is 46.4 Å². The Kier molecular flexibility index (Phi) is 3.39. The summed E-state index contributed by atoms with van der Waals surface area (Å²) in [6, 6.07) is 0. The lowest BCUT2D eigenvalue weighted by Gasteiger charge is -2.12. The third-order valence-corrected chi connectivity index (χ3v) is 3.05. The van der Waals surface area contributed by atoms with Gasteiger partial charge in [-0.15, -0.1) is 0 Å². The Balaban J connectivity index is 3.01. The molecule has 1 fully saturated rings. The van der Waals surface area contributed by atoms with Crippen molar-refractivity contribution in [2.75, 3.05) is 0 Å². The zero-order valence-corrected chi connectivity index (χ0v) is 9.38. The van der Waals surface area contributed by atoms with Gasteiger partial charge in [-0.25, -0.2) is 4.79 Å². The van der Waals surface area contributed by atoms with Crippen LogP contribution in [0.2, 0.25) is 0 Å². The predicted octanol–water partition coefficient (Wildman–Crippen LogP) is 3.34. The molecule has 0 radical (unpaired) electrons. The van der Waals surface area contributed by atoms with Gasteiger partial charge in [0.25, 0.3) is 0 Å². The Morgan fingerprint density at radius 1 is 1.31 bits per heavy atom. The second-order valence-corrected chi connectivity index (χ2v) is 5.46. The quantitative estimate of drug-likeness (QED) is 0.613. The first-order chi connectivity index (χ1) is 5.84. The fraction of sp³-hybridized carbons (Fsp3) is 0.571. The highest BCUT2D eigenvalue weighted by atomic mass is 35.6. The number of halogens is 4. The maximum absolute atomic E-state index is 10.8. The number of alkyl halides is 3. The number of carboxylic acid groups (broad SMARTS) is 1. The molecule has 0 spiro atoms. The smallest absolute Gasteiger partial charge is 0.333 e. The summed E-state index contributed by atoms with van der Waals surface area (Å²) in [6.45, 7) is 0. The lowest BCUT2D eigenvalue weighted by Crippen LogP contribution is -2.12. The molecule has 2 nitrogen and oxygen atoms in total. The summed E-state index contributed by atoms with van der Waals surface area (Å²) in [5.41, 5.74) is 0.0293. The van der Waals surface area contributed by atoms with E-state index in [9.17, 15) is 4.79 Å². The molecule has 0 amide bonds. The van der Waals surface area contributed by atoms with E-state index < -0.39 is 9.76 Å². The van der Waals surface area contributed by atoms with Gasteiger partial charge in [0.15, 0.2) is 0 Å². The molecule has 74 valence electrons. The van der Waals surface area contributed by atoms with Crippen molar-refractivity contribution in [3.63, 3.8) is 0 Å². The van der Waals surface area contributed by atoms with Gasteiger partial charge < -0.3 is 5.11 Å². The molecule has 0 unspecified atom stereocenters. The first-order valence-corrected chi connectivity index (χ1v) is 5.05. The van der Waals surface area contributed by atoms with E-state index in [0.717, 1.165) is 12.8 Å². The van der Waals surface area contributed by atoms with E-state index >= 15 is 0 Å². The maximum Gasteiger partial charge on any atom is 0.333 e. The molecular weight excluding hydrogens is 258 g/mol. The van der Waals surface area contributed by atoms with Crippen molar-refractivity contribution in [3.8, 4) is 0 Å². The Bertz CT molecular complexity index is 262. The maximum atomic E-state index is 10.8. The van der Waals surface area contributed by atoms with Crippen molar-refractivity contribution in [2.24, 2.45) is 5.92 Å². The Morgan fingerprint density at radius 3 is 2.00 bits per heavy atom. The van der Waals surface area contributed by atoms with Crippen LogP contribution in [0.15, 0.2) is 10.6 Å². The van der Waals surface area contributed by atoms with Crippen molar-refractivity contribution < 1.29 is 9.90 Å². The van der Waals surface area contributed by atoms with Crippen molar-refractivity contribution in [2.45, 2.75) is 16.6 Å². The van der Waals surface area contributed by atoms with Gasteiger partial charge in [-0.05, 0) is 18.8 Å². The summed E-state index contributed by atoms with van der Waals surface area (Å²) in [7, 11) is 0. The molecule has 13 heavy (non-hydrogen) atoms. The first kappa shape index (κ1) is 11.4. The van der Waals surface area contributed by atoms with Crippen LogP contribution in [-0.4, -0.2) is 14.9 Å². The molecule has 1 rings (SSSR count). The summed E-state index contributed by atoms with van der Waals surface area (Å²) in [5.74, 6) is -1.17. The average molecular weight is 264 g/mol. The molecule has 0 aliphatic heterocycles. The number of hydrogen-bond donors (Lipinski definition) is 1. The Morgan fingerprint density at radius 2 is 1.77 bits per heavy atom. The number of carboxylic acids is 1. The molecule has 0 atom stereocenters. The third kappa shape index (κ3) is 2.91. The summed E-state index contributed by atoms with van der Waals surface area (Å²) in [4.78, 5) is 10.8. The number of hydrogen-bond acceptors (Lipinski definition) is 1. The molecule has 1 saturated carbocycles. The minimum absolute atomic E-state index is 0.0293. The van der Waals surface area contributed by atoms with Crippen molar-refractivity contribution >= 4 is 52.4 Å². The molecule has 0 aromatic rings. The zero-order valence-electron chi connectivity index (χ0n) is 6.36. The number of aliphatic carboxylic acids is 1. The molecule has 0 heterocycles. The van der Waals surface area contributed by atoms with Gasteiger partial charge in [0, 0.05) is 0 Å². The SMILES string of the molecule is O=C(O)/C(=C(\Cl)C(Cl)(Cl)Cl)C1CC1. The van der Waals surface area contributed by atoms with Crippen LogP contribution in [0.5, 0.6) is 0 Å². The highest BCUT2D eigenvalue weighted by Crippen LogP contribution is 2.46. The van der Waals surface area contributed by atoms with Crippen molar-refractivity contribution in [3.05, 3.63) is 10.6 Å². The minimum atomic E-state index is -1.84. The largest absolute Gasteiger partial charge is 0.478 e. The second-order valence-electron chi connectivity index (χ2n) is 2.80. The van der Waals surface area contributed by atoms with Gasteiger partial charge in [0.05, 0.1) is 10.6 Å². The summed E-state index contributed by atoms with van der Waals surface area (Å²) < 4.78 is -1.84. The number of rotatable bonds is 2. The molecule has 1 N–H and O–H groups in total. The molecule has 1 aliphatic rings. The van der Waals surface area contributed by atoms with Gasteiger partial charge in [-0.3, -0.25) is 0 Å². The van der Waals surface area contributed by atoms with Crippen LogP contribution in [0.25, 0.3) is 0 Å². The van der Waals surface area contributed by atoms with Crippen LogP contribution in [-0.2, 0) is 4.79 Å². The van der Waals surface area contributed by atoms with Gasteiger partial charge >= 0.3 is 5.97 Å². The Labute approximate surface area is 95.4 Å². The molecular formula is C7H6Cl4O2. The second kappa shape index (κ2) is 3.85.